The molecule has 0 heterocycles. The van der Waals surface area contributed by atoms with Crippen molar-refractivity contribution >= 4 is 33.8 Å². The first-order chi connectivity index (χ1) is 9.93. The zero-order chi connectivity index (χ0) is 15.8. The Hall–Kier alpha value is -1.89. The summed E-state index contributed by atoms with van der Waals surface area (Å²) < 4.78 is 5.42. The second kappa shape index (κ2) is 8.41. The van der Waals surface area contributed by atoms with E-state index in [4.69, 9.17) is 4.74 Å². The molecule has 1 aromatic rings. The number of esters is 1. The van der Waals surface area contributed by atoms with Crippen LogP contribution in [0.3, 0.4) is 0 Å². The van der Waals surface area contributed by atoms with E-state index in [0.29, 0.717) is 10.0 Å². The summed E-state index contributed by atoms with van der Waals surface area (Å²) in [4.78, 5) is 34.6. The first-order valence-corrected chi connectivity index (χ1v) is 7.25. The second-order valence-electron chi connectivity index (χ2n) is 4.39. The molecule has 0 saturated carbocycles. The van der Waals surface area contributed by atoms with Crippen LogP contribution in [0.15, 0.2) is 28.7 Å². The Balaban J connectivity index is 2.41. The highest BCUT2D eigenvalue weighted by Gasteiger charge is 2.14. The van der Waals surface area contributed by atoms with Crippen molar-refractivity contribution in [3.05, 3.63) is 34.3 Å². The third kappa shape index (κ3) is 5.95. The molecule has 1 rings (SSSR count). The van der Waals surface area contributed by atoms with Crippen molar-refractivity contribution in [2.24, 2.45) is 0 Å². The van der Waals surface area contributed by atoms with E-state index >= 15 is 0 Å². The molecule has 0 aromatic heterocycles. The first kappa shape index (κ1) is 17.2. The maximum absolute atomic E-state index is 11.7. The predicted molar refractivity (Wildman–Crippen MR) is 80.9 cm³/mol. The highest BCUT2D eigenvalue weighted by molar-refractivity contribution is 9.10. The number of ether oxygens (including phenoxy) is 1. The van der Waals surface area contributed by atoms with Gasteiger partial charge in [0.2, 0.25) is 0 Å². The van der Waals surface area contributed by atoms with Crippen molar-refractivity contribution in [2.45, 2.75) is 26.3 Å². The minimum absolute atomic E-state index is 0.0411. The Kier molecular flexibility index (Phi) is 6.87. The third-order valence-electron chi connectivity index (χ3n) is 2.67. The molecular formula is C14H17BrN2O4. The van der Waals surface area contributed by atoms with Crippen LogP contribution >= 0.6 is 15.9 Å². The summed E-state index contributed by atoms with van der Waals surface area (Å²) in [6, 6.07) is 6.05. The average Bonchev–Trinajstić information content (AvgIpc) is 2.44. The molecule has 0 aliphatic heterocycles. The fourth-order valence-electron chi connectivity index (χ4n) is 1.36. The van der Waals surface area contributed by atoms with Gasteiger partial charge in [-0.1, -0.05) is 19.1 Å². The fraction of sp³-hybridized carbons (Fsp3) is 0.357. The number of benzene rings is 1. The molecule has 21 heavy (non-hydrogen) atoms. The Bertz CT molecular complexity index is 533. The van der Waals surface area contributed by atoms with E-state index in [-0.39, 0.29) is 6.04 Å². The van der Waals surface area contributed by atoms with Crippen molar-refractivity contribution in [1.82, 2.24) is 10.6 Å². The molecule has 0 unspecified atom stereocenters. The van der Waals surface area contributed by atoms with Crippen LogP contribution in [-0.4, -0.2) is 30.6 Å². The standard InChI is InChI=1S/C14H17BrN2O4/c1-3-9(2)16-14(20)17-12(18)8-21-13(19)10-6-4-5-7-11(10)15/h4-7,9H,3,8H2,1-2H3,(H2,16,17,18,20)/t9-/m0/s1. The van der Waals surface area contributed by atoms with Crippen molar-refractivity contribution in [3.63, 3.8) is 0 Å². The molecule has 0 aliphatic carbocycles. The lowest BCUT2D eigenvalue weighted by Gasteiger charge is -2.11. The molecule has 7 heteroatoms. The van der Waals surface area contributed by atoms with Crippen LogP contribution in [0.1, 0.15) is 30.6 Å². The number of hydrogen-bond acceptors (Lipinski definition) is 4. The zero-order valence-electron chi connectivity index (χ0n) is 11.8. The van der Waals surface area contributed by atoms with Gasteiger partial charge in [-0.15, -0.1) is 0 Å². The largest absolute Gasteiger partial charge is 0.452 e. The van der Waals surface area contributed by atoms with E-state index in [1.54, 1.807) is 24.3 Å². The second-order valence-corrected chi connectivity index (χ2v) is 5.24. The molecule has 6 nitrogen and oxygen atoms in total. The van der Waals surface area contributed by atoms with Gasteiger partial charge in [0.1, 0.15) is 0 Å². The monoisotopic (exact) mass is 356 g/mol. The lowest BCUT2D eigenvalue weighted by Crippen LogP contribution is -2.44. The van der Waals surface area contributed by atoms with Gasteiger partial charge < -0.3 is 10.1 Å². The number of nitrogens with one attached hydrogen (secondary N) is 2. The molecule has 0 aliphatic rings. The summed E-state index contributed by atoms with van der Waals surface area (Å²) >= 11 is 3.21. The molecule has 0 radical (unpaired) electrons. The summed E-state index contributed by atoms with van der Waals surface area (Å²) in [6.07, 6.45) is 0.749. The summed E-state index contributed by atoms with van der Waals surface area (Å²) in [5, 5.41) is 4.66. The minimum Gasteiger partial charge on any atom is -0.452 e. The third-order valence-corrected chi connectivity index (χ3v) is 3.36. The van der Waals surface area contributed by atoms with Crippen LogP contribution in [0.4, 0.5) is 4.79 Å². The van der Waals surface area contributed by atoms with Gasteiger partial charge in [0, 0.05) is 10.5 Å². The van der Waals surface area contributed by atoms with Crippen molar-refractivity contribution < 1.29 is 19.1 Å². The predicted octanol–water partition coefficient (Wildman–Crippen LogP) is 2.23. The van der Waals surface area contributed by atoms with Gasteiger partial charge in [-0.05, 0) is 41.4 Å². The molecule has 3 amide bonds. The number of amides is 3. The lowest BCUT2D eigenvalue weighted by atomic mass is 10.2. The normalized spacial score (nSPS) is 11.4. The molecule has 0 bridgehead atoms. The van der Waals surface area contributed by atoms with Gasteiger partial charge in [0.25, 0.3) is 5.91 Å². The lowest BCUT2D eigenvalue weighted by molar-refractivity contribution is -0.123. The minimum atomic E-state index is -0.684. The highest BCUT2D eigenvalue weighted by Crippen LogP contribution is 2.16. The van der Waals surface area contributed by atoms with Crippen molar-refractivity contribution in [1.29, 1.82) is 0 Å². The molecule has 1 aromatic carbocycles. The van der Waals surface area contributed by atoms with Crippen LogP contribution in [0.2, 0.25) is 0 Å². The van der Waals surface area contributed by atoms with Crippen molar-refractivity contribution in [3.8, 4) is 0 Å². The maximum Gasteiger partial charge on any atom is 0.339 e. The molecule has 2 N–H and O–H groups in total. The topological polar surface area (TPSA) is 84.5 Å². The maximum atomic E-state index is 11.7. The smallest absolute Gasteiger partial charge is 0.339 e. The molecule has 0 spiro atoms. The Morgan fingerprint density at radius 3 is 2.57 bits per heavy atom. The van der Waals surface area contributed by atoms with Gasteiger partial charge in [-0.2, -0.15) is 0 Å². The molecule has 0 saturated heterocycles. The van der Waals surface area contributed by atoms with Gasteiger partial charge in [-0.3, -0.25) is 10.1 Å². The summed E-state index contributed by atoms with van der Waals surface area (Å²) in [7, 11) is 0. The summed E-state index contributed by atoms with van der Waals surface area (Å²) in [6.45, 7) is 3.21. The Morgan fingerprint density at radius 2 is 1.95 bits per heavy atom. The first-order valence-electron chi connectivity index (χ1n) is 6.46. The number of carbonyl (C=O) groups excluding carboxylic acids is 3. The van der Waals surface area contributed by atoms with Crippen LogP contribution in [0.5, 0.6) is 0 Å². The molecular weight excluding hydrogens is 340 g/mol. The summed E-state index contributed by atoms with van der Waals surface area (Å²) in [5.41, 5.74) is 0.314. The quantitative estimate of drug-likeness (QED) is 0.792. The van der Waals surface area contributed by atoms with E-state index < -0.39 is 24.5 Å². The number of imide groups is 1. The fourth-order valence-corrected chi connectivity index (χ4v) is 1.81. The van der Waals surface area contributed by atoms with E-state index in [0.717, 1.165) is 6.42 Å². The number of urea groups is 1. The van der Waals surface area contributed by atoms with Gasteiger partial charge >= 0.3 is 12.0 Å². The van der Waals surface area contributed by atoms with Crippen LogP contribution in [0, 0.1) is 0 Å². The van der Waals surface area contributed by atoms with Gasteiger partial charge in [0.05, 0.1) is 5.56 Å². The summed E-state index contributed by atoms with van der Waals surface area (Å²) in [5.74, 6) is -1.32. The number of rotatable bonds is 5. The number of carbonyl (C=O) groups is 3. The Morgan fingerprint density at radius 1 is 1.29 bits per heavy atom. The molecule has 114 valence electrons. The van der Waals surface area contributed by atoms with Gasteiger partial charge in [-0.25, -0.2) is 9.59 Å². The number of hydrogen-bond donors (Lipinski definition) is 2. The van der Waals surface area contributed by atoms with E-state index in [9.17, 15) is 14.4 Å². The Labute approximate surface area is 131 Å². The van der Waals surface area contributed by atoms with Crippen LogP contribution < -0.4 is 10.6 Å². The van der Waals surface area contributed by atoms with Crippen LogP contribution in [-0.2, 0) is 9.53 Å². The number of halogens is 1. The SMILES string of the molecule is CC[C@H](C)NC(=O)NC(=O)COC(=O)c1ccccc1Br. The van der Waals surface area contributed by atoms with Crippen LogP contribution in [0.25, 0.3) is 0 Å². The van der Waals surface area contributed by atoms with E-state index in [1.807, 2.05) is 13.8 Å². The highest BCUT2D eigenvalue weighted by atomic mass is 79.9. The van der Waals surface area contributed by atoms with E-state index in [1.165, 1.54) is 0 Å². The average molecular weight is 357 g/mol. The van der Waals surface area contributed by atoms with Gasteiger partial charge in [0.15, 0.2) is 6.61 Å². The van der Waals surface area contributed by atoms with E-state index in [2.05, 4.69) is 26.6 Å². The molecule has 1 atom stereocenters. The van der Waals surface area contributed by atoms with Crippen molar-refractivity contribution in [2.75, 3.05) is 6.61 Å². The zero-order valence-corrected chi connectivity index (χ0v) is 13.4. The molecule has 0 fully saturated rings.